The lowest BCUT2D eigenvalue weighted by atomic mass is 9.60. The van der Waals surface area contributed by atoms with Gasteiger partial charge in [0.25, 0.3) is 0 Å². The summed E-state index contributed by atoms with van der Waals surface area (Å²) in [6, 6.07) is 0. The van der Waals surface area contributed by atoms with Crippen molar-refractivity contribution in [1.29, 1.82) is 0 Å². The predicted octanol–water partition coefficient (Wildman–Crippen LogP) is 1.95. The van der Waals surface area contributed by atoms with Crippen LogP contribution in [-0.2, 0) is 0 Å². The van der Waals surface area contributed by atoms with Crippen LogP contribution >= 0.6 is 0 Å². The average Bonchev–Trinajstić information content (AvgIpc) is 2.09. The first-order valence-corrected chi connectivity index (χ1v) is 3.37. The molecule has 3 aliphatic rings. The summed E-state index contributed by atoms with van der Waals surface area (Å²) in [5.74, 6) is 0. The highest BCUT2D eigenvalue weighted by atomic mass is 14.8. The zero-order valence-corrected chi connectivity index (χ0v) is 4.54. The van der Waals surface area contributed by atoms with Gasteiger partial charge in [0.2, 0.25) is 0 Å². The van der Waals surface area contributed by atoms with Crippen LogP contribution in [0.4, 0.5) is 0 Å². The summed E-state index contributed by atoms with van der Waals surface area (Å²) in [4.78, 5) is 0. The van der Waals surface area contributed by atoms with Gasteiger partial charge >= 0.3 is 0 Å². The van der Waals surface area contributed by atoms with Crippen LogP contribution in [-0.4, -0.2) is 0 Å². The topological polar surface area (TPSA) is 0 Å². The Morgan fingerprint density at radius 2 is 1.14 bits per heavy atom. The van der Waals surface area contributed by atoms with Crippen molar-refractivity contribution in [3.05, 3.63) is 0 Å². The lowest BCUT2D eigenvalue weighted by molar-refractivity contribution is 0.0548. The lowest BCUT2D eigenvalue weighted by Gasteiger charge is -2.45. The molecule has 0 saturated heterocycles. The zero-order chi connectivity index (χ0) is 4.54. The number of hydrogen-bond donors (Lipinski definition) is 0. The van der Waals surface area contributed by atoms with E-state index in [9.17, 15) is 0 Å². The minimum Gasteiger partial charge on any atom is -0.0465 e. The minimum absolute atomic E-state index is 1.01. The second-order valence-electron chi connectivity index (χ2n) is 3.74. The van der Waals surface area contributed by atoms with Gasteiger partial charge in [0.1, 0.15) is 0 Å². The normalized spacial score (nSPS) is 72.0. The molecule has 7 heavy (non-hydrogen) atoms. The van der Waals surface area contributed by atoms with Gasteiger partial charge in [0.15, 0.2) is 0 Å². The molecule has 3 aliphatic carbocycles. The Bertz CT molecular complexity index is 111. The van der Waals surface area contributed by atoms with Gasteiger partial charge in [0.05, 0.1) is 0 Å². The largest absolute Gasteiger partial charge is 0.0465 e. The smallest absolute Gasteiger partial charge is 0.0235 e. The Labute approximate surface area is 43.9 Å². The van der Waals surface area contributed by atoms with Gasteiger partial charge in [-0.3, -0.25) is 0 Å². The van der Waals surface area contributed by atoms with E-state index in [0.29, 0.717) is 0 Å². The highest BCUT2D eigenvalue weighted by Crippen LogP contribution is 2.88. The van der Waals surface area contributed by atoms with Gasteiger partial charge in [-0.15, -0.1) is 0 Å². The maximum Gasteiger partial charge on any atom is -0.0235 e. The van der Waals surface area contributed by atoms with Crippen molar-refractivity contribution < 1.29 is 0 Å². The van der Waals surface area contributed by atoms with Crippen molar-refractivity contribution in [1.82, 2.24) is 0 Å². The van der Waals surface area contributed by atoms with Crippen molar-refractivity contribution in [2.75, 3.05) is 0 Å². The van der Waals surface area contributed by atoms with E-state index in [1.54, 1.807) is 32.1 Å². The second kappa shape index (κ2) is 0.519. The fourth-order valence-electron chi connectivity index (χ4n) is 2.87. The third kappa shape index (κ3) is 0.132. The quantitative estimate of drug-likeness (QED) is 0.430. The van der Waals surface area contributed by atoms with Crippen LogP contribution in [0.5, 0.6) is 0 Å². The van der Waals surface area contributed by atoms with E-state index in [2.05, 4.69) is 0 Å². The molecular formula is C7H10. The molecule has 0 nitrogen and oxygen atoms in total. The van der Waals surface area contributed by atoms with Crippen LogP contribution < -0.4 is 0 Å². The first-order chi connectivity index (χ1) is 3.37. The third-order valence-electron chi connectivity index (χ3n) is 3.84. The molecule has 0 radical (unpaired) electrons. The summed E-state index contributed by atoms with van der Waals surface area (Å²) in [6.07, 6.45) is 7.99. The van der Waals surface area contributed by atoms with Gasteiger partial charge in [-0.1, -0.05) is 0 Å². The Morgan fingerprint density at radius 3 is 1.14 bits per heavy atom. The van der Waals surface area contributed by atoms with Gasteiger partial charge in [-0.25, -0.2) is 0 Å². The van der Waals surface area contributed by atoms with Crippen molar-refractivity contribution in [3.8, 4) is 0 Å². The average molecular weight is 94.2 g/mol. The van der Waals surface area contributed by atoms with Crippen LogP contribution in [0.3, 0.4) is 0 Å². The molecule has 0 aromatic rings. The maximum atomic E-state index is 1.62. The second-order valence-corrected chi connectivity index (χ2v) is 3.74. The van der Waals surface area contributed by atoms with Crippen LogP contribution in [0.2, 0.25) is 0 Å². The van der Waals surface area contributed by atoms with E-state index in [1.165, 1.54) is 0 Å². The summed E-state index contributed by atoms with van der Waals surface area (Å²) in [5, 5.41) is 0. The summed E-state index contributed by atoms with van der Waals surface area (Å²) < 4.78 is 0. The van der Waals surface area contributed by atoms with Crippen LogP contribution in [0, 0.1) is 10.8 Å². The Balaban J connectivity index is 2.15. The standard InChI is InChI=1S/C7H10/c1-2-7-4-3-6(1,7)5-7/h1-5H2. The highest BCUT2D eigenvalue weighted by Gasteiger charge is 2.78. The molecule has 3 rings (SSSR count). The number of hydrogen-bond acceptors (Lipinski definition) is 0. The first kappa shape index (κ1) is 3.11. The van der Waals surface area contributed by atoms with E-state index in [0.717, 1.165) is 10.8 Å². The van der Waals surface area contributed by atoms with Crippen molar-refractivity contribution in [2.24, 2.45) is 10.8 Å². The highest BCUT2D eigenvalue weighted by molar-refractivity contribution is 5.28. The van der Waals surface area contributed by atoms with E-state index >= 15 is 0 Å². The van der Waals surface area contributed by atoms with Crippen molar-refractivity contribution in [2.45, 2.75) is 32.1 Å². The summed E-state index contributed by atoms with van der Waals surface area (Å²) in [6.45, 7) is 0. The van der Waals surface area contributed by atoms with Crippen molar-refractivity contribution >= 4 is 0 Å². The fourth-order valence-corrected chi connectivity index (χ4v) is 2.87. The van der Waals surface area contributed by atoms with Gasteiger partial charge in [-0.05, 0) is 42.9 Å². The summed E-state index contributed by atoms with van der Waals surface area (Å²) in [7, 11) is 0. The minimum atomic E-state index is 1.01. The van der Waals surface area contributed by atoms with Crippen LogP contribution in [0.1, 0.15) is 32.1 Å². The first-order valence-electron chi connectivity index (χ1n) is 3.37. The van der Waals surface area contributed by atoms with E-state index in [1.807, 2.05) is 0 Å². The molecule has 3 fully saturated rings. The molecule has 0 N–H and O–H groups in total. The summed E-state index contributed by atoms with van der Waals surface area (Å²) in [5.41, 5.74) is 2.01. The predicted molar refractivity (Wildman–Crippen MR) is 28.0 cm³/mol. The monoisotopic (exact) mass is 94.1 g/mol. The third-order valence-corrected chi connectivity index (χ3v) is 3.84. The Morgan fingerprint density at radius 1 is 0.714 bits per heavy atom. The van der Waals surface area contributed by atoms with E-state index in [-0.39, 0.29) is 0 Å². The van der Waals surface area contributed by atoms with Crippen LogP contribution in [0.25, 0.3) is 0 Å². The van der Waals surface area contributed by atoms with Gasteiger partial charge in [0, 0.05) is 0 Å². The summed E-state index contributed by atoms with van der Waals surface area (Å²) >= 11 is 0. The molecule has 0 bridgehead atoms. The molecule has 0 aliphatic heterocycles. The Hall–Kier alpha value is 0. The molecule has 3 saturated carbocycles. The fraction of sp³-hybridized carbons (Fsp3) is 1.00. The maximum absolute atomic E-state index is 1.62. The SMILES string of the molecule is C1CC23CCC12C3. The molecule has 0 unspecified atom stereocenters. The van der Waals surface area contributed by atoms with Gasteiger partial charge in [-0.2, -0.15) is 0 Å². The molecule has 0 heteroatoms. The molecule has 0 aromatic carbocycles. The Kier molecular flexibility index (Phi) is 0.231. The van der Waals surface area contributed by atoms with Crippen LogP contribution in [0.15, 0.2) is 0 Å². The molecule has 0 aromatic heterocycles. The van der Waals surface area contributed by atoms with Crippen molar-refractivity contribution in [3.63, 3.8) is 0 Å². The molecular weight excluding hydrogens is 84.1 g/mol. The molecule has 38 valence electrons. The van der Waals surface area contributed by atoms with Gasteiger partial charge < -0.3 is 0 Å². The molecule has 0 amide bonds. The molecule has 0 heterocycles. The lowest BCUT2D eigenvalue weighted by Crippen LogP contribution is -2.34. The zero-order valence-electron chi connectivity index (χ0n) is 4.54. The van der Waals surface area contributed by atoms with E-state index in [4.69, 9.17) is 0 Å². The van der Waals surface area contributed by atoms with E-state index < -0.39 is 0 Å². The molecule has 0 atom stereocenters. The molecule has 0 spiro atoms. The number of rotatable bonds is 0.